The first-order valence-corrected chi connectivity index (χ1v) is 7.34. The van der Waals surface area contributed by atoms with Crippen molar-refractivity contribution in [2.24, 2.45) is 0 Å². The first-order chi connectivity index (χ1) is 10.6. The van der Waals surface area contributed by atoms with Gasteiger partial charge in [-0.1, -0.05) is 0 Å². The minimum absolute atomic E-state index is 0.0310. The lowest BCUT2D eigenvalue weighted by Crippen LogP contribution is -2.38. The molecule has 0 bridgehead atoms. The van der Waals surface area contributed by atoms with Crippen molar-refractivity contribution < 1.29 is 9.53 Å². The molecule has 118 valence electrons. The van der Waals surface area contributed by atoms with Crippen LogP contribution in [0.5, 0.6) is 0 Å². The summed E-state index contributed by atoms with van der Waals surface area (Å²) in [7, 11) is 1.68. The molecule has 0 unspecified atom stereocenters. The van der Waals surface area contributed by atoms with Gasteiger partial charge in [0.1, 0.15) is 5.82 Å². The molecule has 1 aliphatic heterocycles. The summed E-state index contributed by atoms with van der Waals surface area (Å²) in [4.78, 5) is 17.7. The molecule has 2 aromatic heterocycles. The largest absolute Gasteiger partial charge is 0.382 e. The molecule has 2 atom stereocenters. The molecule has 22 heavy (non-hydrogen) atoms. The fraction of sp³-hybridized carbons (Fsp3) is 0.467. The topological polar surface area (TPSA) is 89.2 Å². The summed E-state index contributed by atoms with van der Waals surface area (Å²) in [6, 6.07) is 1.80. The fourth-order valence-corrected chi connectivity index (χ4v) is 2.99. The van der Waals surface area contributed by atoms with Gasteiger partial charge in [-0.05, 0) is 25.0 Å². The Morgan fingerprint density at radius 1 is 1.55 bits per heavy atom. The van der Waals surface area contributed by atoms with Crippen molar-refractivity contribution in [3.8, 4) is 0 Å². The number of likely N-dealkylation sites (tertiary alicyclic amines) is 1. The van der Waals surface area contributed by atoms with Gasteiger partial charge >= 0.3 is 0 Å². The Hall–Kier alpha value is -2.28. The highest BCUT2D eigenvalue weighted by molar-refractivity contribution is 5.95. The highest BCUT2D eigenvalue weighted by atomic mass is 16.5. The van der Waals surface area contributed by atoms with Crippen molar-refractivity contribution in [3.05, 3.63) is 35.8 Å². The number of rotatable bonds is 4. The first kappa shape index (κ1) is 14.6. The van der Waals surface area contributed by atoms with Crippen LogP contribution in [-0.2, 0) is 11.3 Å². The van der Waals surface area contributed by atoms with Crippen LogP contribution in [-0.4, -0.2) is 51.4 Å². The van der Waals surface area contributed by atoms with Crippen molar-refractivity contribution in [3.63, 3.8) is 0 Å². The Labute approximate surface area is 129 Å². The molecular formula is C15H21N5O2. The molecule has 0 spiro atoms. The highest BCUT2D eigenvalue weighted by Gasteiger charge is 2.36. The van der Waals surface area contributed by atoms with Gasteiger partial charge in [-0.25, -0.2) is 0 Å². The van der Waals surface area contributed by atoms with Gasteiger partial charge in [0, 0.05) is 32.2 Å². The zero-order valence-electron chi connectivity index (χ0n) is 12.8. The standard InChI is InChI=1S/C15H21N5O2/c1-10-6-17-7-13(10)15(21)20-9-12(22-2)5-11(20)8-19-4-3-14(16)18-19/h3-4,6-7,11-12,17H,5,8-9H2,1-2H3,(H2,16,18)/t11-,12-/m0/s1. The highest BCUT2D eigenvalue weighted by Crippen LogP contribution is 2.24. The SMILES string of the molecule is CO[C@H]1C[C@@H](Cn2ccc(N)n2)N(C(=O)c2c[nH]cc2C)C1. The normalized spacial score (nSPS) is 21.5. The van der Waals surface area contributed by atoms with Gasteiger partial charge in [-0.15, -0.1) is 0 Å². The number of hydrogen-bond donors (Lipinski definition) is 2. The van der Waals surface area contributed by atoms with Crippen LogP contribution in [0.1, 0.15) is 22.3 Å². The van der Waals surface area contributed by atoms with Crippen LogP contribution >= 0.6 is 0 Å². The van der Waals surface area contributed by atoms with E-state index in [0.29, 0.717) is 24.5 Å². The van der Waals surface area contributed by atoms with Gasteiger partial charge in [0.05, 0.1) is 24.3 Å². The summed E-state index contributed by atoms with van der Waals surface area (Å²) in [6.45, 7) is 3.14. The van der Waals surface area contributed by atoms with Gasteiger partial charge < -0.3 is 20.4 Å². The average molecular weight is 303 g/mol. The molecular weight excluding hydrogens is 282 g/mol. The number of nitrogens with zero attached hydrogens (tertiary/aromatic N) is 3. The van der Waals surface area contributed by atoms with E-state index in [-0.39, 0.29) is 18.1 Å². The minimum Gasteiger partial charge on any atom is -0.382 e. The number of aromatic amines is 1. The molecule has 0 aromatic carbocycles. The van der Waals surface area contributed by atoms with Crippen LogP contribution in [0.2, 0.25) is 0 Å². The number of aryl methyl sites for hydroxylation is 1. The average Bonchev–Trinajstić information content (AvgIpc) is 3.19. The number of amides is 1. The van der Waals surface area contributed by atoms with Gasteiger partial charge in [0.15, 0.2) is 0 Å². The number of aromatic nitrogens is 3. The van der Waals surface area contributed by atoms with Gasteiger partial charge in [0.2, 0.25) is 0 Å². The Morgan fingerprint density at radius 2 is 2.36 bits per heavy atom. The molecule has 1 aliphatic rings. The summed E-state index contributed by atoms with van der Waals surface area (Å²) in [5.41, 5.74) is 7.32. The zero-order valence-corrected chi connectivity index (χ0v) is 12.8. The van der Waals surface area contributed by atoms with Gasteiger partial charge in [-0.2, -0.15) is 5.10 Å². The number of nitrogen functional groups attached to an aromatic ring is 1. The maximum Gasteiger partial charge on any atom is 0.256 e. The lowest BCUT2D eigenvalue weighted by Gasteiger charge is -2.24. The van der Waals surface area contributed by atoms with Crippen molar-refractivity contribution in [1.82, 2.24) is 19.7 Å². The Kier molecular flexibility index (Phi) is 3.89. The molecule has 0 aliphatic carbocycles. The molecule has 1 fully saturated rings. The van der Waals surface area contributed by atoms with Crippen molar-refractivity contribution in [2.75, 3.05) is 19.4 Å². The van der Waals surface area contributed by atoms with Crippen LogP contribution in [0.25, 0.3) is 0 Å². The first-order valence-electron chi connectivity index (χ1n) is 7.34. The van der Waals surface area contributed by atoms with E-state index >= 15 is 0 Å². The summed E-state index contributed by atoms with van der Waals surface area (Å²) in [5.74, 6) is 0.518. The van der Waals surface area contributed by atoms with Crippen molar-refractivity contribution >= 4 is 11.7 Å². The molecule has 7 heteroatoms. The number of ether oxygens (including phenoxy) is 1. The third-order valence-corrected chi connectivity index (χ3v) is 4.21. The van der Waals surface area contributed by atoms with Gasteiger partial charge in [0.25, 0.3) is 5.91 Å². The van der Waals surface area contributed by atoms with E-state index in [1.165, 1.54) is 0 Å². The van der Waals surface area contributed by atoms with E-state index in [0.717, 1.165) is 12.0 Å². The maximum absolute atomic E-state index is 12.8. The second kappa shape index (κ2) is 5.84. The minimum atomic E-state index is 0.0310. The molecule has 0 saturated carbocycles. The van der Waals surface area contributed by atoms with E-state index < -0.39 is 0 Å². The van der Waals surface area contributed by atoms with Crippen molar-refractivity contribution in [1.29, 1.82) is 0 Å². The van der Waals surface area contributed by atoms with Crippen LogP contribution in [0.4, 0.5) is 5.82 Å². The van der Waals surface area contributed by atoms with E-state index in [9.17, 15) is 4.79 Å². The third kappa shape index (κ3) is 2.71. The third-order valence-electron chi connectivity index (χ3n) is 4.21. The van der Waals surface area contributed by atoms with Crippen LogP contribution in [0.3, 0.4) is 0 Å². The number of methoxy groups -OCH3 is 1. The Morgan fingerprint density at radius 3 is 2.95 bits per heavy atom. The van der Waals surface area contributed by atoms with Crippen LogP contribution in [0.15, 0.2) is 24.7 Å². The van der Waals surface area contributed by atoms with E-state index in [4.69, 9.17) is 10.5 Å². The molecule has 3 rings (SSSR count). The summed E-state index contributed by atoms with van der Waals surface area (Å²) < 4.78 is 7.24. The second-order valence-electron chi connectivity index (χ2n) is 5.72. The van der Waals surface area contributed by atoms with E-state index in [2.05, 4.69) is 10.1 Å². The van der Waals surface area contributed by atoms with Gasteiger partial charge in [-0.3, -0.25) is 9.48 Å². The zero-order chi connectivity index (χ0) is 15.7. The number of nitrogens with one attached hydrogen (secondary N) is 1. The lowest BCUT2D eigenvalue weighted by molar-refractivity contribution is 0.0678. The number of nitrogens with two attached hydrogens (primary N) is 1. The summed E-state index contributed by atoms with van der Waals surface area (Å²) >= 11 is 0. The lowest BCUT2D eigenvalue weighted by atomic mass is 10.1. The Balaban J connectivity index is 1.80. The monoisotopic (exact) mass is 303 g/mol. The number of hydrogen-bond acceptors (Lipinski definition) is 4. The molecule has 3 heterocycles. The molecule has 1 amide bonds. The summed E-state index contributed by atoms with van der Waals surface area (Å²) in [5, 5.41) is 4.21. The van der Waals surface area contributed by atoms with E-state index in [1.54, 1.807) is 24.1 Å². The molecule has 1 saturated heterocycles. The quantitative estimate of drug-likeness (QED) is 0.883. The fourth-order valence-electron chi connectivity index (χ4n) is 2.99. The van der Waals surface area contributed by atoms with E-state index in [1.807, 2.05) is 24.2 Å². The maximum atomic E-state index is 12.8. The molecule has 7 nitrogen and oxygen atoms in total. The predicted molar refractivity (Wildman–Crippen MR) is 82.4 cm³/mol. The molecule has 3 N–H and O–H groups in total. The van der Waals surface area contributed by atoms with Crippen molar-refractivity contribution in [2.45, 2.75) is 32.0 Å². The Bertz CT molecular complexity index is 662. The van der Waals surface area contributed by atoms with Crippen LogP contribution in [0, 0.1) is 6.92 Å². The number of anilines is 1. The molecule has 0 radical (unpaired) electrons. The second-order valence-corrected chi connectivity index (χ2v) is 5.72. The molecule has 2 aromatic rings. The number of H-pyrrole nitrogens is 1. The predicted octanol–water partition coefficient (Wildman–Crippen LogP) is 1.03. The number of carbonyl (C=O) groups excluding carboxylic acids is 1. The smallest absolute Gasteiger partial charge is 0.256 e. The van der Waals surface area contributed by atoms with Crippen LogP contribution < -0.4 is 5.73 Å². The number of carbonyl (C=O) groups is 1. The summed E-state index contributed by atoms with van der Waals surface area (Å²) in [6.07, 6.45) is 6.27.